The molecule has 2 unspecified atom stereocenters. The smallest absolute Gasteiger partial charge is 0.310 e. The number of ether oxygens (including phenoxy) is 1. The van der Waals surface area contributed by atoms with Gasteiger partial charge in [-0.3, -0.25) is 14.9 Å². The van der Waals surface area contributed by atoms with Crippen molar-refractivity contribution in [1.82, 2.24) is 4.90 Å². The van der Waals surface area contributed by atoms with Gasteiger partial charge in [-0.2, -0.15) is 0 Å². The maximum absolute atomic E-state index is 12.6. The van der Waals surface area contributed by atoms with Crippen LogP contribution in [0, 0.1) is 22.0 Å². The van der Waals surface area contributed by atoms with Crippen molar-refractivity contribution in [3.63, 3.8) is 0 Å². The van der Waals surface area contributed by atoms with E-state index in [1.54, 1.807) is 4.90 Å². The van der Waals surface area contributed by atoms with E-state index in [0.717, 1.165) is 6.42 Å². The number of nitro benzene ring substituents is 1. The number of hydrogen-bond acceptors (Lipinski definition) is 5. The highest BCUT2D eigenvalue weighted by molar-refractivity contribution is 5.95. The van der Waals surface area contributed by atoms with Crippen molar-refractivity contribution in [1.29, 1.82) is 0 Å². The van der Waals surface area contributed by atoms with Crippen molar-refractivity contribution < 1.29 is 14.5 Å². The van der Waals surface area contributed by atoms with Gasteiger partial charge in [0.15, 0.2) is 5.75 Å². The second kappa shape index (κ2) is 6.74. The van der Waals surface area contributed by atoms with Crippen LogP contribution in [0.4, 0.5) is 5.69 Å². The molecular formula is C15H21N3O4. The zero-order chi connectivity index (χ0) is 16.3. The molecule has 1 amide bonds. The summed E-state index contributed by atoms with van der Waals surface area (Å²) in [5.41, 5.74) is 6.01. The summed E-state index contributed by atoms with van der Waals surface area (Å²) in [6.45, 7) is 3.99. The summed E-state index contributed by atoms with van der Waals surface area (Å²) in [4.78, 5) is 24.7. The van der Waals surface area contributed by atoms with Gasteiger partial charge in [-0.25, -0.2) is 0 Å². The molecule has 22 heavy (non-hydrogen) atoms. The lowest BCUT2D eigenvalue weighted by molar-refractivity contribution is -0.385. The number of methoxy groups -OCH3 is 1. The third-order valence-electron chi connectivity index (χ3n) is 4.33. The fourth-order valence-electron chi connectivity index (χ4n) is 2.78. The van der Waals surface area contributed by atoms with Gasteiger partial charge in [0.1, 0.15) is 0 Å². The number of rotatable bonds is 4. The van der Waals surface area contributed by atoms with Crippen LogP contribution >= 0.6 is 0 Å². The lowest BCUT2D eigenvalue weighted by atomic mass is 9.87. The molecule has 2 atom stereocenters. The Bertz CT molecular complexity index is 576. The molecule has 0 aromatic heterocycles. The quantitative estimate of drug-likeness (QED) is 0.673. The molecule has 0 bridgehead atoms. The predicted molar refractivity (Wildman–Crippen MR) is 81.9 cm³/mol. The Kier molecular flexibility index (Phi) is 4.97. The summed E-state index contributed by atoms with van der Waals surface area (Å²) in [6.07, 6.45) is 0.914. The third kappa shape index (κ3) is 3.19. The lowest BCUT2D eigenvalue weighted by Crippen LogP contribution is -2.45. The molecular weight excluding hydrogens is 286 g/mol. The van der Waals surface area contributed by atoms with Gasteiger partial charge in [0.25, 0.3) is 5.91 Å². The van der Waals surface area contributed by atoms with Crippen molar-refractivity contribution in [3.8, 4) is 5.75 Å². The minimum Gasteiger partial charge on any atom is -0.490 e. The molecule has 2 N–H and O–H groups in total. The van der Waals surface area contributed by atoms with Crippen molar-refractivity contribution in [2.24, 2.45) is 17.6 Å². The molecule has 0 radical (unpaired) electrons. The number of amides is 1. The Labute approximate surface area is 129 Å². The standard InChI is InChI=1S/C15H21N3O4/c1-10-5-6-17(9-12(10)8-16)15(19)11-3-4-13(18(20)21)14(7-11)22-2/h3-4,7,10,12H,5-6,8-9,16H2,1-2H3. The van der Waals surface area contributed by atoms with E-state index in [1.165, 1.54) is 25.3 Å². The van der Waals surface area contributed by atoms with Gasteiger partial charge < -0.3 is 15.4 Å². The molecule has 1 aliphatic heterocycles. The Hall–Kier alpha value is -2.15. The number of benzene rings is 1. The molecule has 0 spiro atoms. The van der Waals surface area contributed by atoms with Crippen molar-refractivity contribution in [3.05, 3.63) is 33.9 Å². The lowest BCUT2D eigenvalue weighted by Gasteiger charge is -2.36. The van der Waals surface area contributed by atoms with Crippen LogP contribution in [0.5, 0.6) is 5.75 Å². The largest absolute Gasteiger partial charge is 0.490 e. The molecule has 1 heterocycles. The van der Waals surface area contributed by atoms with Crippen LogP contribution in [0.25, 0.3) is 0 Å². The van der Waals surface area contributed by atoms with Gasteiger partial charge in [-0.05, 0) is 30.9 Å². The van der Waals surface area contributed by atoms with Gasteiger partial charge >= 0.3 is 5.69 Å². The average Bonchev–Trinajstić information content (AvgIpc) is 2.53. The first kappa shape index (κ1) is 16.2. The van der Waals surface area contributed by atoms with Crippen LogP contribution in [0.2, 0.25) is 0 Å². The number of likely N-dealkylation sites (tertiary alicyclic amines) is 1. The second-order valence-electron chi connectivity index (χ2n) is 5.66. The monoisotopic (exact) mass is 307 g/mol. The molecule has 1 aromatic rings. The number of carbonyl (C=O) groups excluding carboxylic acids is 1. The second-order valence-corrected chi connectivity index (χ2v) is 5.66. The molecule has 7 heteroatoms. The molecule has 1 saturated heterocycles. The van der Waals surface area contributed by atoms with Crippen molar-refractivity contribution in [2.75, 3.05) is 26.7 Å². The number of nitrogens with zero attached hydrogens (tertiary/aromatic N) is 2. The fourth-order valence-corrected chi connectivity index (χ4v) is 2.78. The van der Waals surface area contributed by atoms with Crippen LogP contribution in [0.3, 0.4) is 0 Å². The maximum atomic E-state index is 12.6. The minimum absolute atomic E-state index is 0.0941. The number of carbonyl (C=O) groups is 1. The Balaban J connectivity index is 2.21. The third-order valence-corrected chi connectivity index (χ3v) is 4.33. The van der Waals surface area contributed by atoms with E-state index in [-0.39, 0.29) is 23.3 Å². The van der Waals surface area contributed by atoms with E-state index in [0.29, 0.717) is 31.1 Å². The van der Waals surface area contributed by atoms with E-state index in [1.807, 2.05) is 0 Å². The van der Waals surface area contributed by atoms with Crippen LogP contribution in [0.15, 0.2) is 18.2 Å². The number of nitrogens with two attached hydrogens (primary N) is 1. The summed E-state index contributed by atoms with van der Waals surface area (Å²) in [6, 6.07) is 4.20. The Morgan fingerprint density at radius 3 is 2.86 bits per heavy atom. The fraction of sp³-hybridized carbons (Fsp3) is 0.533. The molecule has 120 valence electrons. The molecule has 7 nitrogen and oxygen atoms in total. The summed E-state index contributed by atoms with van der Waals surface area (Å²) in [5.74, 6) is 0.744. The zero-order valence-corrected chi connectivity index (χ0v) is 12.8. The van der Waals surface area contributed by atoms with Crippen molar-refractivity contribution in [2.45, 2.75) is 13.3 Å². The van der Waals surface area contributed by atoms with E-state index in [2.05, 4.69) is 6.92 Å². The van der Waals surface area contributed by atoms with Crippen LogP contribution in [-0.4, -0.2) is 42.5 Å². The number of piperidine rings is 1. The highest BCUT2D eigenvalue weighted by atomic mass is 16.6. The molecule has 1 aliphatic rings. The van der Waals surface area contributed by atoms with E-state index in [4.69, 9.17) is 10.5 Å². The van der Waals surface area contributed by atoms with E-state index >= 15 is 0 Å². The van der Waals surface area contributed by atoms with Gasteiger partial charge in [0, 0.05) is 30.8 Å². The molecule has 2 rings (SSSR count). The summed E-state index contributed by atoms with van der Waals surface area (Å²) in [5, 5.41) is 10.9. The highest BCUT2D eigenvalue weighted by Crippen LogP contribution is 2.29. The van der Waals surface area contributed by atoms with E-state index in [9.17, 15) is 14.9 Å². The predicted octanol–water partition coefficient (Wildman–Crippen LogP) is 1.66. The van der Waals surface area contributed by atoms with Gasteiger partial charge in [0.05, 0.1) is 12.0 Å². The summed E-state index contributed by atoms with van der Waals surface area (Å²) >= 11 is 0. The topological polar surface area (TPSA) is 98.7 Å². The normalized spacial score (nSPS) is 21.5. The summed E-state index contributed by atoms with van der Waals surface area (Å²) in [7, 11) is 1.35. The van der Waals surface area contributed by atoms with Gasteiger partial charge in [0.2, 0.25) is 0 Å². The summed E-state index contributed by atoms with van der Waals surface area (Å²) < 4.78 is 5.01. The van der Waals surface area contributed by atoms with E-state index < -0.39 is 4.92 Å². The first-order chi connectivity index (χ1) is 10.5. The Morgan fingerprint density at radius 2 is 2.27 bits per heavy atom. The molecule has 1 fully saturated rings. The van der Waals surface area contributed by atoms with Crippen LogP contribution in [0.1, 0.15) is 23.7 Å². The Morgan fingerprint density at radius 1 is 1.55 bits per heavy atom. The maximum Gasteiger partial charge on any atom is 0.310 e. The first-order valence-electron chi connectivity index (χ1n) is 7.29. The first-order valence-corrected chi connectivity index (χ1v) is 7.29. The number of nitro groups is 1. The number of hydrogen-bond donors (Lipinski definition) is 1. The van der Waals surface area contributed by atoms with Crippen LogP contribution in [-0.2, 0) is 0 Å². The van der Waals surface area contributed by atoms with Crippen LogP contribution < -0.4 is 10.5 Å². The molecule has 0 aliphatic carbocycles. The zero-order valence-electron chi connectivity index (χ0n) is 12.8. The highest BCUT2D eigenvalue weighted by Gasteiger charge is 2.29. The average molecular weight is 307 g/mol. The van der Waals surface area contributed by atoms with Gasteiger partial charge in [-0.1, -0.05) is 6.92 Å². The molecule has 0 saturated carbocycles. The molecule has 1 aromatic carbocycles. The SMILES string of the molecule is COc1cc(C(=O)N2CCC(C)C(CN)C2)ccc1[N+](=O)[O-]. The minimum atomic E-state index is -0.528. The van der Waals surface area contributed by atoms with Crippen molar-refractivity contribution >= 4 is 11.6 Å². The van der Waals surface area contributed by atoms with Gasteiger partial charge in [-0.15, -0.1) is 0 Å².